The Morgan fingerprint density at radius 2 is 1.79 bits per heavy atom. The lowest BCUT2D eigenvalue weighted by Crippen LogP contribution is -2.16. The molecular weight excluding hydrogens is 475 g/mol. The quantitative estimate of drug-likeness (QED) is 0.323. The number of nitrogens with zero attached hydrogens (tertiary/aromatic N) is 3. The van der Waals surface area contributed by atoms with Crippen LogP contribution >= 0.6 is 23.2 Å². The fraction of sp³-hybridized carbons (Fsp3) is 0.240. The molecule has 1 N–H and O–H groups in total. The summed E-state index contributed by atoms with van der Waals surface area (Å²) in [6.45, 7) is 8.13. The third-order valence-electron chi connectivity index (χ3n) is 5.51. The first-order valence-electron chi connectivity index (χ1n) is 10.7. The Bertz CT molecular complexity index is 1340. The molecule has 2 heterocycles. The van der Waals surface area contributed by atoms with Gasteiger partial charge in [0, 0.05) is 27.4 Å². The van der Waals surface area contributed by atoms with Gasteiger partial charge in [-0.15, -0.1) is 0 Å². The first kappa shape index (κ1) is 23.9. The smallest absolute Gasteiger partial charge is 0.279 e. The lowest BCUT2D eigenvalue weighted by molar-refractivity contribution is 0.101. The van der Waals surface area contributed by atoms with E-state index in [0.717, 1.165) is 28.1 Å². The van der Waals surface area contributed by atoms with Gasteiger partial charge in [0.2, 0.25) is 0 Å². The summed E-state index contributed by atoms with van der Waals surface area (Å²) in [4.78, 5) is 13.0. The first-order valence-corrected chi connectivity index (χ1v) is 11.4. The fourth-order valence-electron chi connectivity index (χ4n) is 3.49. The summed E-state index contributed by atoms with van der Waals surface area (Å²) in [7, 11) is 0. The van der Waals surface area contributed by atoms with Crippen LogP contribution in [0.3, 0.4) is 0 Å². The molecule has 0 unspecified atom stereocenters. The number of amides is 1. The molecule has 0 aliphatic heterocycles. The van der Waals surface area contributed by atoms with Crippen LogP contribution in [0.4, 0.5) is 5.82 Å². The van der Waals surface area contributed by atoms with Gasteiger partial charge >= 0.3 is 0 Å². The van der Waals surface area contributed by atoms with Crippen LogP contribution in [0, 0.1) is 27.7 Å². The molecule has 1 amide bonds. The van der Waals surface area contributed by atoms with Gasteiger partial charge in [-0.1, -0.05) is 46.6 Å². The van der Waals surface area contributed by atoms with Crippen molar-refractivity contribution in [2.24, 2.45) is 0 Å². The molecule has 0 bridgehead atoms. The van der Waals surface area contributed by atoms with Gasteiger partial charge in [-0.3, -0.25) is 9.48 Å². The fourth-order valence-corrected chi connectivity index (χ4v) is 4.01. The molecule has 0 aliphatic rings. The Hall–Kier alpha value is -3.29. The number of aryl methyl sites for hydroxylation is 4. The minimum absolute atomic E-state index is 0.154. The number of hydrogen-bond acceptors (Lipinski definition) is 5. The summed E-state index contributed by atoms with van der Waals surface area (Å²) >= 11 is 12.6. The number of carbonyl (C=O) groups excluding carboxylic acids is 1. The van der Waals surface area contributed by atoms with Gasteiger partial charge in [-0.25, -0.2) is 0 Å². The predicted molar refractivity (Wildman–Crippen MR) is 132 cm³/mol. The SMILES string of the molecule is Cc1ccc(C)c(OCc2c(C(=O)Nc3cc(C)n(Cc4c(Cl)cccc4Cl)n3)noc2C)c1. The van der Waals surface area contributed by atoms with E-state index >= 15 is 0 Å². The number of rotatable bonds is 7. The van der Waals surface area contributed by atoms with Crippen molar-refractivity contribution in [3.63, 3.8) is 0 Å². The zero-order valence-corrected chi connectivity index (χ0v) is 20.8. The van der Waals surface area contributed by atoms with E-state index in [0.29, 0.717) is 33.7 Å². The molecule has 4 rings (SSSR count). The topological polar surface area (TPSA) is 82.2 Å². The highest BCUT2D eigenvalue weighted by atomic mass is 35.5. The predicted octanol–water partition coefficient (Wildman–Crippen LogP) is 6.29. The molecule has 0 fully saturated rings. The zero-order chi connectivity index (χ0) is 24.4. The zero-order valence-electron chi connectivity index (χ0n) is 19.3. The van der Waals surface area contributed by atoms with Crippen LogP contribution < -0.4 is 10.1 Å². The molecule has 0 atom stereocenters. The van der Waals surface area contributed by atoms with E-state index in [9.17, 15) is 4.79 Å². The molecule has 2 aromatic heterocycles. The van der Waals surface area contributed by atoms with Crippen LogP contribution in [0.2, 0.25) is 10.0 Å². The number of hydrogen-bond donors (Lipinski definition) is 1. The minimum atomic E-state index is -0.433. The van der Waals surface area contributed by atoms with Crippen LogP contribution in [0.1, 0.15) is 44.2 Å². The van der Waals surface area contributed by atoms with E-state index < -0.39 is 5.91 Å². The van der Waals surface area contributed by atoms with Crippen LogP contribution in [-0.4, -0.2) is 20.8 Å². The van der Waals surface area contributed by atoms with Gasteiger partial charge in [-0.2, -0.15) is 5.10 Å². The Labute approximate surface area is 207 Å². The molecule has 2 aromatic carbocycles. The lowest BCUT2D eigenvalue weighted by Gasteiger charge is -2.10. The summed E-state index contributed by atoms with van der Waals surface area (Å²) in [5.74, 6) is 1.22. The molecule has 176 valence electrons. The number of benzene rings is 2. The van der Waals surface area contributed by atoms with Crippen LogP contribution in [-0.2, 0) is 13.2 Å². The Balaban J connectivity index is 1.50. The lowest BCUT2D eigenvalue weighted by atomic mass is 10.1. The molecule has 0 aliphatic carbocycles. The van der Waals surface area contributed by atoms with Gasteiger partial charge in [-0.05, 0) is 57.0 Å². The molecule has 0 saturated carbocycles. The number of ether oxygens (including phenoxy) is 1. The van der Waals surface area contributed by atoms with Crippen molar-refractivity contribution in [3.05, 3.63) is 91.9 Å². The van der Waals surface area contributed by atoms with E-state index in [1.165, 1.54) is 0 Å². The van der Waals surface area contributed by atoms with Crippen molar-refractivity contribution < 1.29 is 14.1 Å². The van der Waals surface area contributed by atoms with Gasteiger partial charge in [0.05, 0.1) is 12.1 Å². The molecule has 34 heavy (non-hydrogen) atoms. The number of nitrogens with one attached hydrogen (secondary N) is 1. The van der Waals surface area contributed by atoms with Crippen LogP contribution in [0.25, 0.3) is 0 Å². The first-order chi connectivity index (χ1) is 16.2. The number of halogens is 2. The second-order valence-electron chi connectivity index (χ2n) is 8.11. The van der Waals surface area contributed by atoms with Crippen LogP contribution in [0.15, 0.2) is 47.0 Å². The molecule has 0 saturated heterocycles. The monoisotopic (exact) mass is 498 g/mol. The highest BCUT2D eigenvalue weighted by Gasteiger charge is 2.22. The second kappa shape index (κ2) is 9.91. The van der Waals surface area contributed by atoms with E-state index in [1.54, 1.807) is 35.9 Å². The van der Waals surface area contributed by atoms with E-state index in [2.05, 4.69) is 15.6 Å². The van der Waals surface area contributed by atoms with Crippen LogP contribution in [0.5, 0.6) is 5.75 Å². The maximum Gasteiger partial charge on any atom is 0.279 e. The number of carbonyl (C=O) groups is 1. The maximum atomic E-state index is 13.0. The summed E-state index contributed by atoms with van der Waals surface area (Å²) < 4.78 is 13.0. The van der Waals surface area contributed by atoms with Gasteiger partial charge in [0.1, 0.15) is 18.1 Å². The molecule has 4 aromatic rings. The summed E-state index contributed by atoms with van der Waals surface area (Å²) in [5.41, 5.74) is 4.42. The number of aromatic nitrogens is 3. The van der Waals surface area contributed by atoms with Crippen molar-refractivity contribution >= 4 is 34.9 Å². The standard InChI is InChI=1S/C25H24Cl2N4O3/c1-14-8-9-15(2)22(10-14)33-13-19-17(4)34-30-24(19)25(32)28-23-11-16(3)31(29-23)12-18-20(26)6-5-7-21(18)27/h5-11H,12-13H2,1-4H3,(H,28,29,32). The molecule has 0 radical (unpaired) electrons. The normalized spacial score (nSPS) is 11.0. The Kier molecular flexibility index (Phi) is 6.95. The number of anilines is 1. The molecular formula is C25H24Cl2N4O3. The summed E-state index contributed by atoms with van der Waals surface area (Å²) in [6, 6.07) is 13.1. The largest absolute Gasteiger partial charge is 0.488 e. The molecule has 0 spiro atoms. The summed E-state index contributed by atoms with van der Waals surface area (Å²) in [6.07, 6.45) is 0. The molecule has 7 nitrogen and oxygen atoms in total. The summed E-state index contributed by atoms with van der Waals surface area (Å²) in [5, 5.41) is 12.3. The van der Waals surface area contributed by atoms with E-state index in [4.69, 9.17) is 32.5 Å². The van der Waals surface area contributed by atoms with Crippen molar-refractivity contribution in [1.82, 2.24) is 14.9 Å². The second-order valence-corrected chi connectivity index (χ2v) is 8.92. The average Bonchev–Trinajstić information content (AvgIpc) is 3.33. The van der Waals surface area contributed by atoms with E-state index in [1.807, 2.05) is 39.0 Å². The highest BCUT2D eigenvalue weighted by molar-refractivity contribution is 6.36. The van der Waals surface area contributed by atoms with E-state index in [-0.39, 0.29) is 12.3 Å². The van der Waals surface area contributed by atoms with Gasteiger partial charge in [0.15, 0.2) is 11.5 Å². The van der Waals surface area contributed by atoms with Crippen molar-refractivity contribution in [1.29, 1.82) is 0 Å². The van der Waals surface area contributed by atoms with Crippen molar-refractivity contribution in [2.75, 3.05) is 5.32 Å². The molecule has 9 heteroatoms. The third-order valence-corrected chi connectivity index (χ3v) is 6.22. The van der Waals surface area contributed by atoms with Crippen molar-refractivity contribution in [3.8, 4) is 5.75 Å². The average molecular weight is 499 g/mol. The Morgan fingerprint density at radius 3 is 2.53 bits per heavy atom. The maximum absolute atomic E-state index is 13.0. The van der Waals surface area contributed by atoms with Crippen molar-refractivity contribution in [2.45, 2.75) is 40.8 Å². The third kappa shape index (κ3) is 5.11. The van der Waals surface area contributed by atoms with Gasteiger partial charge < -0.3 is 14.6 Å². The van der Waals surface area contributed by atoms with Gasteiger partial charge in [0.25, 0.3) is 5.91 Å². The Morgan fingerprint density at radius 1 is 1.06 bits per heavy atom. The minimum Gasteiger partial charge on any atom is -0.488 e. The highest BCUT2D eigenvalue weighted by Crippen LogP contribution is 2.26.